The second-order valence-electron chi connectivity index (χ2n) is 7.39. The van der Waals surface area contributed by atoms with E-state index in [-0.39, 0.29) is 23.5 Å². The van der Waals surface area contributed by atoms with Crippen LogP contribution in [0.25, 0.3) is 11.3 Å². The van der Waals surface area contributed by atoms with Gasteiger partial charge < -0.3 is 20.4 Å². The van der Waals surface area contributed by atoms with E-state index >= 15 is 0 Å². The summed E-state index contributed by atoms with van der Waals surface area (Å²) >= 11 is 0. The standard InChI is InChI=1S/C22H27N3O4/c1-14(26)24-17-10-8-15(9-11-17)18-12-13-19(29-18)21(27)25-20(22(28)23-2)16-6-4-3-5-7-16/h8-13,16,20H,3-7H2,1-2H3,(H,23,28)(H,24,26)(H,25,27)/t20-/m0/s1. The number of hydrogen-bond donors (Lipinski definition) is 3. The van der Waals surface area contributed by atoms with Crippen LogP contribution in [-0.2, 0) is 9.59 Å². The van der Waals surface area contributed by atoms with Gasteiger partial charge in [-0.2, -0.15) is 0 Å². The van der Waals surface area contributed by atoms with E-state index < -0.39 is 11.9 Å². The first-order chi connectivity index (χ1) is 14.0. The maximum absolute atomic E-state index is 12.7. The lowest BCUT2D eigenvalue weighted by atomic mass is 9.83. The Morgan fingerprint density at radius 1 is 1.00 bits per heavy atom. The van der Waals surface area contributed by atoms with Crippen LogP contribution < -0.4 is 16.0 Å². The molecular formula is C22H27N3O4. The number of anilines is 1. The van der Waals surface area contributed by atoms with Crippen LogP contribution in [0, 0.1) is 5.92 Å². The minimum atomic E-state index is -0.557. The first-order valence-electron chi connectivity index (χ1n) is 9.98. The maximum Gasteiger partial charge on any atom is 0.287 e. The van der Waals surface area contributed by atoms with E-state index in [0.29, 0.717) is 11.4 Å². The van der Waals surface area contributed by atoms with Gasteiger partial charge in [-0.05, 0) is 55.2 Å². The van der Waals surface area contributed by atoms with Gasteiger partial charge in [-0.3, -0.25) is 14.4 Å². The summed E-state index contributed by atoms with van der Waals surface area (Å²) in [5.41, 5.74) is 1.47. The number of amides is 3. The highest BCUT2D eigenvalue weighted by atomic mass is 16.4. The molecule has 0 radical (unpaired) electrons. The highest BCUT2D eigenvalue weighted by Gasteiger charge is 2.31. The third kappa shape index (κ3) is 5.25. The molecule has 0 bridgehead atoms. The van der Waals surface area contributed by atoms with Crippen LogP contribution >= 0.6 is 0 Å². The van der Waals surface area contributed by atoms with Crippen molar-refractivity contribution in [3.05, 3.63) is 42.2 Å². The van der Waals surface area contributed by atoms with Crippen LogP contribution in [0.15, 0.2) is 40.8 Å². The van der Waals surface area contributed by atoms with E-state index in [4.69, 9.17) is 4.42 Å². The quantitative estimate of drug-likeness (QED) is 0.696. The second-order valence-corrected chi connectivity index (χ2v) is 7.39. The molecule has 0 unspecified atom stereocenters. The fourth-order valence-corrected chi connectivity index (χ4v) is 3.77. The largest absolute Gasteiger partial charge is 0.451 e. The van der Waals surface area contributed by atoms with E-state index in [2.05, 4.69) is 16.0 Å². The van der Waals surface area contributed by atoms with Gasteiger partial charge in [0.15, 0.2) is 5.76 Å². The normalized spacial score (nSPS) is 15.4. The third-order valence-electron chi connectivity index (χ3n) is 5.26. The molecule has 1 atom stereocenters. The van der Waals surface area contributed by atoms with Crippen LogP contribution in [0.3, 0.4) is 0 Å². The first-order valence-corrected chi connectivity index (χ1v) is 9.98. The number of benzene rings is 1. The fourth-order valence-electron chi connectivity index (χ4n) is 3.77. The summed E-state index contributed by atoms with van der Waals surface area (Å²) in [4.78, 5) is 36.1. The summed E-state index contributed by atoms with van der Waals surface area (Å²) in [6.07, 6.45) is 5.19. The number of likely N-dealkylation sites (N-methyl/N-ethyl adjacent to an activating group) is 1. The van der Waals surface area contributed by atoms with Crippen LogP contribution in [0.1, 0.15) is 49.6 Å². The molecule has 7 nitrogen and oxygen atoms in total. The summed E-state index contributed by atoms with van der Waals surface area (Å²) in [7, 11) is 1.58. The molecule has 3 amide bonds. The number of carbonyl (C=O) groups excluding carboxylic acids is 3. The minimum Gasteiger partial charge on any atom is -0.451 e. The molecule has 1 aromatic heterocycles. The molecule has 0 saturated heterocycles. The van der Waals surface area contributed by atoms with Crippen molar-refractivity contribution in [2.75, 3.05) is 12.4 Å². The van der Waals surface area contributed by atoms with Crippen LogP contribution in [0.5, 0.6) is 0 Å². The number of rotatable bonds is 6. The van der Waals surface area contributed by atoms with Crippen LogP contribution in [0.4, 0.5) is 5.69 Å². The van der Waals surface area contributed by atoms with E-state index in [1.165, 1.54) is 13.3 Å². The zero-order valence-corrected chi connectivity index (χ0v) is 16.8. The lowest BCUT2D eigenvalue weighted by Gasteiger charge is -2.29. The van der Waals surface area contributed by atoms with Gasteiger partial charge in [-0.1, -0.05) is 19.3 Å². The van der Waals surface area contributed by atoms with Crippen molar-refractivity contribution in [3.8, 4) is 11.3 Å². The molecule has 0 aliphatic heterocycles. The second kappa shape index (κ2) is 9.41. The molecule has 1 aromatic carbocycles. The van der Waals surface area contributed by atoms with Gasteiger partial charge in [0.2, 0.25) is 11.8 Å². The summed E-state index contributed by atoms with van der Waals surface area (Å²) in [6.45, 7) is 1.45. The van der Waals surface area contributed by atoms with Gasteiger partial charge in [0, 0.05) is 25.2 Å². The molecule has 3 rings (SSSR count). The fraction of sp³-hybridized carbons (Fsp3) is 0.409. The Labute approximate surface area is 170 Å². The van der Waals surface area contributed by atoms with Crippen molar-refractivity contribution >= 4 is 23.4 Å². The highest BCUT2D eigenvalue weighted by molar-refractivity contribution is 5.96. The average Bonchev–Trinajstić information content (AvgIpc) is 3.22. The molecule has 7 heteroatoms. The Kier molecular flexibility index (Phi) is 6.69. The molecule has 2 aromatic rings. The maximum atomic E-state index is 12.7. The predicted octanol–water partition coefficient (Wildman–Crippen LogP) is 3.33. The van der Waals surface area contributed by atoms with Crippen molar-refractivity contribution in [1.29, 1.82) is 0 Å². The lowest BCUT2D eigenvalue weighted by Crippen LogP contribution is -2.50. The van der Waals surface area contributed by atoms with Gasteiger partial charge in [-0.15, -0.1) is 0 Å². The van der Waals surface area contributed by atoms with Crippen molar-refractivity contribution < 1.29 is 18.8 Å². The zero-order chi connectivity index (χ0) is 20.8. The Balaban J connectivity index is 1.70. The lowest BCUT2D eigenvalue weighted by molar-refractivity contribution is -0.124. The Morgan fingerprint density at radius 3 is 2.31 bits per heavy atom. The summed E-state index contributed by atoms with van der Waals surface area (Å²) in [5.74, 6) is 0.131. The molecule has 29 heavy (non-hydrogen) atoms. The number of hydrogen-bond acceptors (Lipinski definition) is 4. The monoisotopic (exact) mass is 397 g/mol. The topological polar surface area (TPSA) is 100 Å². The van der Waals surface area contributed by atoms with Crippen molar-refractivity contribution in [2.24, 2.45) is 5.92 Å². The minimum absolute atomic E-state index is 0.140. The Hall–Kier alpha value is -3.09. The molecular weight excluding hydrogens is 370 g/mol. The smallest absolute Gasteiger partial charge is 0.287 e. The van der Waals surface area contributed by atoms with E-state index in [9.17, 15) is 14.4 Å². The van der Waals surface area contributed by atoms with E-state index in [0.717, 1.165) is 31.2 Å². The predicted molar refractivity (Wildman–Crippen MR) is 110 cm³/mol. The summed E-state index contributed by atoms with van der Waals surface area (Å²) < 4.78 is 5.72. The van der Waals surface area contributed by atoms with Crippen molar-refractivity contribution in [3.63, 3.8) is 0 Å². The van der Waals surface area contributed by atoms with Crippen LogP contribution in [0.2, 0.25) is 0 Å². The number of carbonyl (C=O) groups is 3. The third-order valence-corrected chi connectivity index (χ3v) is 5.26. The molecule has 1 aliphatic rings. The molecule has 3 N–H and O–H groups in total. The SMILES string of the molecule is CNC(=O)[C@@H](NC(=O)c1ccc(-c2ccc(NC(C)=O)cc2)o1)C1CCCCC1. The number of furan rings is 1. The molecule has 154 valence electrons. The molecule has 1 heterocycles. The molecule has 0 spiro atoms. The number of nitrogens with one attached hydrogen (secondary N) is 3. The van der Waals surface area contributed by atoms with Gasteiger partial charge >= 0.3 is 0 Å². The zero-order valence-electron chi connectivity index (χ0n) is 16.8. The average molecular weight is 397 g/mol. The van der Waals surface area contributed by atoms with Crippen molar-refractivity contribution in [1.82, 2.24) is 10.6 Å². The molecule has 1 saturated carbocycles. The van der Waals surface area contributed by atoms with E-state index in [1.54, 1.807) is 43.4 Å². The van der Waals surface area contributed by atoms with Gasteiger partial charge in [0.05, 0.1) is 0 Å². The highest BCUT2D eigenvalue weighted by Crippen LogP contribution is 2.28. The van der Waals surface area contributed by atoms with Crippen molar-refractivity contribution in [2.45, 2.75) is 45.1 Å². The Morgan fingerprint density at radius 2 is 1.69 bits per heavy atom. The van der Waals surface area contributed by atoms with Gasteiger partial charge in [0.25, 0.3) is 5.91 Å². The summed E-state index contributed by atoms with van der Waals surface area (Å²) in [5, 5.41) is 8.22. The molecule has 1 aliphatic carbocycles. The van der Waals surface area contributed by atoms with Gasteiger partial charge in [-0.25, -0.2) is 0 Å². The Bertz CT molecular complexity index is 866. The van der Waals surface area contributed by atoms with Crippen LogP contribution in [-0.4, -0.2) is 30.8 Å². The summed E-state index contributed by atoms with van der Waals surface area (Å²) in [6, 6.07) is 9.92. The van der Waals surface area contributed by atoms with Gasteiger partial charge in [0.1, 0.15) is 11.8 Å². The van der Waals surface area contributed by atoms with E-state index in [1.807, 2.05) is 0 Å². The first kappa shape index (κ1) is 20.6. The molecule has 1 fully saturated rings.